The predicted molar refractivity (Wildman–Crippen MR) is 104 cm³/mol. The number of carboxylic acids is 1. The molecular formula is C23H30O6. The van der Waals surface area contributed by atoms with Crippen LogP contribution in [0.4, 0.5) is 0 Å². The van der Waals surface area contributed by atoms with E-state index in [1.807, 2.05) is 0 Å². The van der Waals surface area contributed by atoms with Crippen LogP contribution in [0.25, 0.3) is 0 Å². The number of ketones is 2. The van der Waals surface area contributed by atoms with E-state index >= 15 is 0 Å². The maximum absolute atomic E-state index is 12.6. The molecule has 3 fully saturated rings. The molecule has 0 heterocycles. The highest BCUT2D eigenvalue weighted by molar-refractivity contribution is 5.93. The van der Waals surface area contributed by atoms with Crippen molar-refractivity contribution in [1.29, 1.82) is 0 Å². The minimum atomic E-state index is -1.04. The van der Waals surface area contributed by atoms with Crippen molar-refractivity contribution in [3.63, 3.8) is 0 Å². The van der Waals surface area contributed by atoms with Crippen LogP contribution in [0.5, 0.6) is 0 Å². The van der Waals surface area contributed by atoms with Crippen molar-refractivity contribution in [3.05, 3.63) is 11.6 Å². The highest BCUT2D eigenvalue weighted by atomic mass is 16.5. The van der Waals surface area contributed by atoms with Gasteiger partial charge in [0.2, 0.25) is 0 Å². The van der Waals surface area contributed by atoms with Crippen LogP contribution in [-0.4, -0.2) is 34.7 Å². The summed E-state index contributed by atoms with van der Waals surface area (Å²) < 4.78 is 5.76. The molecule has 1 N–H and O–H groups in total. The van der Waals surface area contributed by atoms with Gasteiger partial charge in [0.15, 0.2) is 5.78 Å². The van der Waals surface area contributed by atoms with Gasteiger partial charge in [0.25, 0.3) is 0 Å². The first kappa shape index (κ1) is 20.3. The van der Waals surface area contributed by atoms with Crippen LogP contribution >= 0.6 is 0 Å². The van der Waals surface area contributed by atoms with Crippen LogP contribution in [0.2, 0.25) is 0 Å². The number of aliphatic carboxylic acids is 1. The zero-order valence-corrected chi connectivity index (χ0v) is 17.2. The lowest BCUT2D eigenvalue weighted by Crippen LogP contribution is -2.56. The normalized spacial score (nSPS) is 41.1. The Hall–Kier alpha value is -1.98. The van der Waals surface area contributed by atoms with E-state index in [1.165, 1.54) is 0 Å². The van der Waals surface area contributed by atoms with E-state index in [0.717, 1.165) is 37.7 Å². The summed E-state index contributed by atoms with van der Waals surface area (Å²) in [6.07, 6.45) is 6.04. The minimum absolute atomic E-state index is 0.0244. The van der Waals surface area contributed by atoms with Gasteiger partial charge in [0, 0.05) is 23.7 Å². The molecule has 4 rings (SSSR count). The molecule has 4 aliphatic rings. The molecule has 4 aliphatic carbocycles. The van der Waals surface area contributed by atoms with Crippen molar-refractivity contribution in [2.24, 2.45) is 28.6 Å². The lowest BCUT2D eigenvalue weighted by molar-refractivity contribution is -0.167. The molecule has 0 radical (unpaired) electrons. The number of carbonyl (C=O) groups is 4. The number of esters is 1. The lowest BCUT2D eigenvalue weighted by atomic mass is 9.47. The number of Topliss-reactive ketones (excluding diaryl/α,β-unsaturated/α-hetero) is 1. The third-order valence-corrected chi connectivity index (χ3v) is 8.56. The molecule has 29 heavy (non-hydrogen) atoms. The fourth-order valence-electron chi connectivity index (χ4n) is 6.95. The topological polar surface area (TPSA) is 97.7 Å². The summed E-state index contributed by atoms with van der Waals surface area (Å²) in [7, 11) is 0. The van der Waals surface area contributed by atoms with Crippen molar-refractivity contribution in [2.75, 3.05) is 0 Å². The smallest absolute Gasteiger partial charge is 0.306 e. The van der Waals surface area contributed by atoms with E-state index < -0.39 is 23.5 Å². The molecule has 3 saturated carbocycles. The van der Waals surface area contributed by atoms with Crippen molar-refractivity contribution >= 4 is 23.5 Å². The summed E-state index contributed by atoms with van der Waals surface area (Å²) >= 11 is 0. The molecule has 0 aromatic heterocycles. The first-order chi connectivity index (χ1) is 13.7. The molecule has 0 amide bonds. The maximum Gasteiger partial charge on any atom is 0.306 e. The van der Waals surface area contributed by atoms with Gasteiger partial charge in [-0.2, -0.15) is 0 Å². The summed E-state index contributed by atoms with van der Waals surface area (Å²) in [5.41, 5.74) is 0.429. The van der Waals surface area contributed by atoms with Gasteiger partial charge in [-0.05, 0) is 55.9 Å². The second-order valence-corrected chi connectivity index (χ2v) is 9.83. The van der Waals surface area contributed by atoms with Gasteiger partial charge in [0.1, 0.15) is 11.9 Å². The zero-order chi connectivity index (χ0) is 21.0. The largest absolute Gasteiger partial charge is 0.481 e. The van der Waals surface area contributed by atoms with Crippen molar-refractivity contribution in [2.45, 2.75) is 77.7 Å². The van der Waals surface area contributed by atoms with Crippen molar-refractivity contribution in [3.8, 4) is 0 Å². The number of rotatable bonds is 4. The van der Waals surface area contributed by atoms with Gasteiger partial charge >= 0.3 is 11.9 Å². The zero-order valence-electron chi connectivity index (χ0n) is 17.2. The van der Waals surface area contributed by atoms with Gasteiger partial charge < -0.3 is 9.84 Å². The monoisotopic (exact) mass is 402 g/mol. The summed E-state index contributed by atoms with van der Waals surface area (Å²) in [4.78, 5) is 48.0. The number of carboxylic acid groups (broad SMARTS) is 1. The van der Waals surface area contributed by atoms with Gasteiger partial charge in [0.05, 0.1) is 12.8 Å². The standard InChI is InChI=1S/C23H30O6/c1-22-10-9-17-15(16(22)5-6-18(22)25)4-3-13-11-14(24)12-19(23(13,17)2)29-21(28)8-7-20(26)27/h11,15-17,19H,3-10,12H2,1-2H3,(H,26,27)/t15-,16-,17+,19?,22-,23-/m0/s1. The van der Waals surface area contributed by atoms with Gasteiger partial charge in [-0.3, -0.25) is 19.2 Å². The Bertz CT molecular complexity index is 797. The number of ether oxygens (including phenoxy) is 1. The molecule has 158 valence electrons. The summed E-state index contributed by atoms with van der Waals surface area (Å²) in [5, 5.41) is 8.84. The average molecular weight is 402 g/mol. The minimum Gasteiger partial charge on any atom is -0.481 e. The molecule has 0 spiro atoms. The number of hydrogen-bond acceptors (Lipinski definition) is 5. The van der Waals surface area contributed by atoms with E-state index in [-0.39, 0.29) is 36.4 Å². The van der Waals surface area contributed by atoms with Crippen LogP contribution in [0.1, 0.15) is 71.6 Å². The lowest BCUT2D eigenvalue weighted by Gasteiger charge is -2.58. The van der Waals surface area contributed by atoms with Crippen LogP contribution < -0.4 is 0 Å². The molecule has 0 aromatic rings. The fourth-order valence-corrected chi connectivity index (χ4v) is 6.95. The highest BCUT2D eigenvalue weighted by Crippen LogP contribution is 2.64. The Morgan fingerprint density at radius 3 is 2.59 bits per heavy atom. The summed E-state index contributed by atoms with van der Waals surface area (Å²) in [6, 6.07) is 0. The fraction of sp³-hybridized carbons (Fsp3) is 0.739. The summed E-state index contributed by atoms with van der Waals surface area (Å²) in [5.74, 6) is -0.178. The van der Waals surface area contributed by atoms with E-state index in [0.29, 0.717) is 24.0 Å². The molecule has 6 nitrogen and oxygen atoms in total. The van der Waals surface area contributed by atoms with Crippen LogP contribution in [-0.2, 0) is 23.9 Å². The third-order valence-electron chi connectivity index (χ3n) is 8.56. The number of hydrogen-bond donors (Lipinski definition) is 1. The van der Waals surface area contributed by atoms with E-state index in [1.54, 1.807) is 6.08 Å². The first-order valence-electron chi connectivity index (χ1n) is 10.8. The van der Waals surface area contributed by atoms with Crippen molar-refractivity contribution in [1.82, 2.24) is 0 Å². The van der Waals surface area contributed by atoms with E-state index in [2.05, 4.69) is 13.8 Å². The summed E-state index contributed by atoms with van der Waals surface area (Å²) in [6.45, 7) is 4.25. The Balaban J connectivity index is 1.62. The Morgan fingerprint density at radius 1 is 1.10 bits per heavy atom. The molecule has 6 atom stereocenters. The average Bonchev–Trinajstić information content (AvgIpc) is 2.96. The SMILES string of the molecule is C[C@]12CC[C@@H]3[C@@H](CCC4=CC(=O)CC(OC(=O)CCC(=O)O)[C@@]43C)[C@@H]1CCC2=O. The molecule has 1 unspecified atom stereocenters. The van der Waals surface area contributed by atoms with Gasteiger partial charge in [-0.15, -0.1) is 0 Å². The van der Waals surface area contributed by atoms with Crippen LogP contribution in [0.3, 0.4) is 0 Å². The Kier molecular flexibility index (Phi) is 4.94. The molecular weight excluding hydrogens is 372 g/mol. The Labute approximate surface area is 171 Å². The molecule has 0 saturated heterocycles. The molecule has 0 bridgehead atoms. The number of fused-ring (bicyclic) bond motifs is 5. The van der Waals surface area contributed by atoms with E-state index in [9.17, 15) is 19.2 Å². The predicted octanol–water partition coefficient (Wildman–Crippen LogP) is 3.47. The molecule has 6 heteroatoms. The van der Waals surface area contributed by atoms with Crippen LogP contribution in [0.15, 0.2) is 11.6 Å². The highest BCUT2D eigenvalue weighted by Gasteiger charge is 2.61. The quantitative estimate of drug-likeness (QED) is 0.723. The second kappa shape index (κ2) is 7.06. The molecule has 0 aromatic carbocycles. The third kappa shape index (κ3) is 3.15. The molecule has 0 aliphatic heterocycles. The van der Waals surface area contributed by atoms with Gasteiger partial charge in [-0.1, -0.05) is 19.4 Å². The first-order valence-corrected chi connectivity index (χ1v) is 10.8. The van der Waals surface area contributed by atoms with Crippen LogP contribution in [0, 0.1) is 28.6 Å². The number of carbonyl (C=O) groups excluding carboxylic acids is 3. The van der Waals surface area contributed by atoms with E-state index in [4.69, 9.17) is 9.84 Å². The Morgan fingerprint density at radius 2 is 1.86 bits per heavy atom. The maximum atomic E-state index is 12.6. The van der Waals surface area contributed by atoms with Gasteiger partial charge in [-0.25, -0.2) is 0 Å². The van der Waals surface area contributed by atoms with Crippen molar-refractivity contribution < 1.29 is 29.0 Å². The second-order valence-electron chi connectivity index (χ2n) is 9.83.